The zero-order valence-electron chi connectivity index (χ0n) is 9.92. The van der Waals surface area contributed by atoms with E-state index in [-0.39, 0.29) is 11.4 Å². The lowest BCUT2D eigenvalue weighted by Crippen LogP contribution is -2.53. The molecule has 5 heteroatoms. The van der Waals surface area contributed by atoms with Crippen molar-refractivity contribution in [2.45, 2.75) is 18.4 Å². The highest BCUT2D eigenvalue weighted by molar-refractivity contribution is 9.09. The lowest BCUT2D eigenvalue weighted by atomic mass is 9.92. The Morgan fingerprint density at radius 1 is 1.39 bits per heavy atom. The smallest absolute Gasteiger partial charge is 0.253 e. The molecule has 0 aromatic heterocycles. The first-order chi connectivity index (χ1) is 8.67. The van der Waals surface area contributed by atoms with Crippen LogP contribution in [-0.4, -0.2) is 30.0 Å². The summed E-state index contributed by atoms with van der Waals surface area (Å²) < 4.78 is 5.34. The molecule has 0 radical (unpaired) electrons. The quantitative estimate of drug-likeness (QED) is 0.864. The van der Waals surface area contributed by atoms with Crippen LogP contribution in [0.25, 0.3) is 0 Å². The van der Waals surface area contributed by atoms with Crippen molar-refractivity contribution in [1.29, 1.82) is 0 Å². The van der Waals surface area contributed by atoms with Crippen molar-refractivity contribution in [3.63, 3.8) is 0 Å². The molecule has 1 N–H and O–H groups in total. The van der Waals surface area contributed by atoms with Gasteiger partial charge in [0.2, 0.25) is 0 Å². The van der Waals surface area contributed by atoms with Crippen LogP contribution in [0.2, 0.25) is 5.02 Å². The van der Waals surface area contributed by atoms with Crippen molar-refractivity contribution in [3.05, 3.63) is 34.9 Å². The molecule has 0 saturated carbocycles. The molecule has 0 bridgehead atoms. The van der Waals surface area contributed by atoms with Gasteiger partial charge in [-0.25, -0.2) is 0 Å². The molecule has 0 unspecified atom stereocenters. The molecule has 0 aliphatic carbocycles. The fourth-order valence-electron chi connectivity index (χ4n) is 2.01. The van der Waals surface area contributed by atoms with Gasteiger partial charge in [-0.1, -0.05) is 39.7 Å². The Kier molecular flexibility index (Phi) is 4.65. The van der Waals surface area contributed by atoms with E-state index in [1.54, 1.807) is 12.1 Å². The third kappa shape index (κ3) is 3.05. The van der Waals surface area contributed by atoms with E-state index in [2.05, 4.69) is 21.2 Å². The minimum absolute atomic E-state index is 0.123. The predicted octanol–water partition coefficient (Wildman–Crippen LogP) is 3.01. The van der Waals surface area contributed by atoms with Crippen LogP contribution in [0.3, 0.4) is 0 Å². The van der Waals surface area contributed by atoms with Gasteiger partial charge in [0.25, 0.3) is 5.91 Å². The highest BCUT2D eigenvalue weighted by atomic mass is 79.9. The Morgan fingerprint density at radius 2 is 2.06 bits per heavy atom. The second kappa shape index (κ2) is 6.04. The lowest BCUT2D eigenvalue weighted by molar-refractivity contribution is 0.0442. The van der Waals surface area contributed by atoms with E-state index >= 15 is 0 Å². The van der Waals surface area contributed by atoms with E-state index in [1.807, 2.05) is 12.1 Å². The molecule has 1 amide bonds. The van der Waals surface area contributed by atoms with Crippen LogP contribution < -0.4 is 5.32 Å². The number of ether oxygens (including phenoxy) is 1. The first-order valence-corrected chi connectivity index (χ1v) is 7.38. The first-order valence-electron chi connectivity index (χ1n) is 5.88. The Morgan fingerprint density at radius 3 is 2.67 bits per heavy atom. The average Bonchev–Trinajstić information content (AvgIpc) is 2.40. The molecule has 18 heavy (non-hydrogen) atoms. The predicted molar refractivity (Wildman–Crippen MR) is 75.5 cm³/mol. The summed E-state index contributed by atoms with van der Waals surface area (Å²) in [5.74, 6) is -0.123. The van der Waals surface area contributed by atoms with Crippen LogP contribution >= 0.6 is 27.5 Å². The monoisotopic (exact) mass is 331 g/mol. The summed E-state index contributed by atoms with van der Waals surface area (Å²) in [5, 5.41) is 4.29. The second-order valence-electron chi connectivity index (χ2n) is 4.46. The fourth-order valence-corrected chi connectivity index (χ4v) is 2.93. The van der Waals surface area contributed by atoms with Crippen molar-refractivity contribution in [3.8, 4) is 0 Å². The zero-order chi connectivity index (χ0) is 13.0. The number of alkyl halides is 1. The molecule has 0 atom stereocenters. The largest absolute Gasteiger partial charge is 0.381 e. The first kappa shape index (κ1) is 13.8. The molecule has 1 heterocycles. The maximum Gasteiger partial charge on any atom is 0.253 e. The summed E-state index contributed by atoms with van der Waals surface area (Å²) >= 11 is 9.51. The summed E-state index contributed by atoms with van der Waals surface area (Å²) in [6.45, 7) is 1.35. The molecule has 1 aromatic rings. The standard InChI is InChI=1S/C13H15BrClNO2/c14-9-13(5-7-18-8-6-13)16-12(17)10-3-1-2-4-11(10)15/h1-4H,5-9H2,(H,16,17). The van der Waals surface area contributed by atoms with Crippen LogP contribution in [0, 0.1) is 0 Å². The molecule has 1 saturated heterocycles. The van der Waals surface area contributed by atoms with Crippen LogP contribution in [0.4, 0.5) is 0 Å². The second-order valence-corrected chi connectivity index (χ2v) is 5.43. The highest BCUT2D eigenvalue weighted by Crippen LogP contribution is 2.24. The fraction of sp³-hybridized carbons (Fsp3) is 0.462. The van der Waals surface area contributed by atoms with Crippen molar-refractivity contribution < 1.29 is 9.53 Å². The zero-order valence-corrected chi connectivity index (χ0v) is 12.3. The van der Waals surface area contributed by atoms with E-state index in [1.165, 1.54) is 0 Å². The molecule has 3 nitrogen and oxygen atoms in total. The number of carbonyl (C=O) groups excluding carboxylic acids is 1. The van der Waals surface area contributed by atoms with Crippen LogP contribution in [0.15, 0.2) is 24.3 Å². The van der Waals surface area contributed by atoms with E-state index in [0.29, 0.717) is 23.8 Å². The molecule has 1 aliphatic heterocycles. The van der Waals surface area contributed by atoms with Gasteiger partial charge < -0.3 is 10.1 Å². The molecule has 2 rings (SSSR count). The van der Waals surface area contributed by atoms with Gasteiger partial charge in [0, 0.05) is 18.5 Å². The molecular weight excluding hydrogens is 318 g/mol. The van der Waals surface area contributed by atoms with E-state index in [0.717, 1.165) is 18.2 Å². The minimum Gasteiger partial charge on any atom is -0.381 e. The maximum absolute atomic E-state index is 12.2. The maximum atomic E-state index is 12.2. The van der Waals surface area contributed by atoms with Gasteiger partial charge in [0.05, 0.1) is 16.1 Å². The van der Waals surface area contributed by atoms with Gasteiger partial charge in [0.15, 0.2) is 0 Å². The third-order valence-corrected chi connectivity index (χ3v) is 4.61. The van der Waals surface area contributed by atoms with Crippen molar-refractivity contribution in [1.82, 2.24) is 5.32 Å². The lowest BCUT2D eigenvalue weighted by Gasteiger charge is -2.36. The topological polar surface area (TPSA) is 38.3 Å². The molecule has 1 aliphatic rings. The van der Waals surface area contributed by atoms with Gasteiger partial charge in [-0.3, -0.25) is 4.79 Å². The Hall–Kier alpha value is -0.580. The molecule has 98 valence electrons. The average molecular weight is 333 g/mol. The summed E-state index contributed by atoms with van der Waals surface area (Å²) in [7, 11) is 0. The Bertz CT molecular complexity index is 433. The molecule has 1 fully saturated rings. The van der Waals surface area contributed by atoms with E-state index in [9.17, 15) is 4.79 Å². The van der Waals surface area contributed by atoms with E-state index in [4.69, 9.17) is 16.3 Å². The normalized spacial score (nSPS) is 18.3. The summed E-state index contributed by atoms with van der Waals surface area (Å²) in [5.41, 5.74) is 0.292. The molecule has 0 spiro atoms. The Balaban J connectivity index is 2.13. The SMILES string of the molecule is O=C(NC1(CBr)CCOCC1)c1ccccc1Cl. The van der Waals surface area contributed by atoms with Crippen LogP contribution in [-0.2, 0) is 4.74 Å². The summed E-state index contributed by atoms with van der Waals surface area (Å²) in [6, 6.07) is 7.08. The van der Waals surface area contributed by atoms with Crippen LogP contribution in [0.1, 0.15) is 23.2 Å². The molecular formula is C13H15BrClNO2. The van der Waals surface area contributed by atoms with Gasteiger partial charge in [-0.15, -0.1) is 0 Å². The van der Waals surface area contributed by atoms with Crippen LogP contribution in [0.5, 0.6) is 0 Å². The number of amides is 1. The number of hydrogen-bond acceptors (Lipinski definition) is 2. The summed E-state index contributed by atoms with van der Waals surface area (Å²) in [4.78, 5) is 12.2. The van der Waals surface area contributed by atoms with Crippen molar-refractivity contribution in [2.24, 2.45) is 0 Å². The van der Waals surface area contributed by atoms with Gasteiger partial charge in [-0.2, -0.15) is 0 Å². The number of halogens is 2. The highest BCUT2D eigenvalue weighted by Gasteiger charge is 2.33. The third-order valence-electron chi connectivity index (χ3n) is 3.20. The van der Waals surface area contributed by atoms with Gasteiger partial charge >= 0.3 is 0 Å². The van der Waals surface area contributed by atoms with Gasteiger partial charge in [0.1, 0.15) is 0 Å². The number of nitrogens with one attached hydrogen (secondary N) is 1. The van der Waals surface area contributed by atoms with E-state index < -0.39 is 0 Å². The number of rotatable bonds is 3. The minimum atomic E-state index is -0.228. The number of benzene rings is 1. The Labute approximate surface area is 120 Å². The van der Waals surface area contributed by atoms with Gasteiger partial charge in [-0.05, 0) is 25.0 Å². The molecule has 1 aromatic carbocycles. The number of hydrogen-bond donors (Lipinski definition) is 1. The number of carbonyl (C=O) groups is 1. The summed E-state index contributed by atoms with van der Waals surface area (Å²) in [6.07, 6.45) is 1.63. The van der Waals surface area contributed by atoms with Crippen molar-refractivity contribution >= 4 is 33.4 Å². The van der Waals surface area contributed by atoms with Crippen molar-refractivity contribution in [2.75, 3.05) is 18.5 Å².